The highest BCUT2D eigenvalue weighted by Crippen LogP contribution is 2.22. The van der Waals surface area contributed by atoms with Gasteiger partial charge in [-0.3, -0.25) is 14.2 Å². The maximum atomic E-state index is 12.2. The standard InChI is InChI=1S/C21H30N6O2S/c1-2-16-7-3-4-9-18(16)27-15-24-25-21(27)30-14-19(28)23-10-6-12-26-11-5-8-17(13-26)20(22)29/h3-4,7,9,15,17H,2,5-6,8,10-14H2,1H3,(H2,22,29)(H,23,28). The first-order valence-corrected chi connectivity index (χ1v) is 11.5. The number of nitrogens with one attached hydrogen (secondary N) is 1. The van der Waals surface area contributed by atoms with Crippen LogP contribution in [0.15, 0.2) is 35.7 Å². The van der Waals surface area contributed by atoms with Gasteiger partial charge in [-0.25, -0.2) is 0 Å². The van der Waals surface area contributed by atoms with Gasteiger partial charge in [-0.05, 0) is 50.4 Å². The molecule has 1 aliphatic rings. The molecule has 8 nitrogen and oxygen atoms in total. The minimum absolute atomic E-state index is 0.0213. The number of primary amides is 1. The lowest BCUT2D eigenvalue weighted by molar-refractivity contribution is -0.123. The Morgan fingerprint density at radius 1 is 1.33 bits per heavy atom. The quantitative estimate of drug-likeness (QED) is 0.438. The molecular weight excluding hydrogens is 400 g/mol. The molecule has 2 heterocycles. The molecule has 9 heteroatoms. The Morgan fingerprint density at radius 2 is 2.17 bits per heavy atom. The van der Waals surface area contributed by atoms with E-state index in [0.717, 1.165) is 51.0 Å². The lowest BCUT2D eigenvalue weighted by Crippen LogP contribution is -2.42. The molecule has 1 unspecified atom stereocenters. The van der Waals surface area contributed by atoms with Crippen molar-refractivity contribution in [2.75, 3.05) is 31.9 Å². The number of likely N-dealkylation sites (tertiary alicyclic amines) is 1. The van der Waals surface area contributed by atoms with Crippen LogP contribution in [0.3, 0.4) is 0 Å². The normalized spacial score (nSPS) is 17.0. The van der Waals surface area contributed by atoms with E-state index in [0.29, 0.717) is 17.5 Å². The molecule has 162 valence electrons. The van der Waals surface area contributed by atoms with Crippen LogP contribution in [0.4, 0.5) is 0 Å². The Kier molecular flexibility index (Phi) is 8.27. The van der Waals surface area contributed by atoms with Crippen molar-refractivity contribution in [1.29, 1.82) is 0 Å². The van der Waals surface area contributed by atoms with Crippen molar-refractivity contribution in [1.82, 2.24) is 25.0 Å². The molecule has 1 fully saturated rings. The summed E-state index contributed by atoms with van der Waals surface area (Å²) < 4.78 is 1.93. The first kappa shape index (κ1) is 22.3. The highest BCUT2D eigenvalue weighted by Gasteiger charge is 2.23. The van der Waals surface area contributed by atoms with Gasteiger partial charge in [-0.1, -0.05) is 36.9 Å². The van der Waals surface area contributed by atoms with E-state index < -0.39 is 0 Å². The van der Waals surface area contributed by atoms with Gasteiger partial charge in [-0.15, -0.1) is 10.2 Å². The van der Waals surface area contributed by atoms with E-state index in [4.69, 9.17) is 5.73 Å². The number of carbonyl (C=O) groups is 2. The highest BCUT2D eigenvalue weighted by atomic mass is 32.2. The summed E-state index contributed by atoms with van der Waals surface area (Å²) in [5.74, 6) is 0.0202. The Hall–Kier alpha value is -2.39. The zero-order valence-corrected chi connectivity index (χ0v) is 18.2. The number of carbonyl (C=O) groups excluding carboxylic acids is 2. The fourth-order valence-corrected chi connectivity index (χ4v) is 4.49. The Bertz CT molecular complexity index is 856. The summed E-state index contributed by atoms with van der Waals surface area (Å²) in [6.45, 7) is 5.31. The highest BCUT2D eigenvalue weighted by molar-refractivity contribution is 7.99. The minimum Gasteiger partial charge on any atom is -0.369 e. The number of aromatic nitrogens is 3. The van der Waals surface area contributed by atoms with Crippen molar-refractivity contribution in [3.63, 3.8) is 0 Å². The molecule has 1 aromatic heterocycles. The monoisotopic (exact) mass is 430 g/mol. The third-order valence-corrected chi connectivity index (χ3v) is 6.31. The number of hydrogen-bond donors (Lipinski definition) is 2. The second kappa shape index (κ2) is 11.1. The summed E-state index contributed by atoms with van der Waals surface area (Å²) >= 11 is 1.38. The van der Waals surface area contributed by atoms with E-state index in [1.54, 1.807) is 6.33 Å². The molecule has 3 N–H and O–H groups in total. The second-order valence-electron chi connectivity index (χ2n) is 7.50. The molecule has 0 radical (unpaired) electrons. The molecule has 30 heavy (non-hydrogen) atoms. The number of para-hydroxylation sites is 1. The topological polar surface area (TPSA) is 106 Å². The smallest absolute Gasteiger partial charge is 0.230 e. The van der Waals surface area contributed by atoms with Crippen molar-refractivity contribution >= 4 is 23.6 Å². The van der Waals surface area contributed by atoms with Crippen LogP contribution in [0.1, 0.15) is 31.7 Å². The number of amides is 2. The number of nitrogens with two attached hydrogens (primary N) is 1. The summed E-state index contributed by atoms with van der Waals surface area (Å²) in [6.07, 6.45) is 5.33. The summed E-state index contributed by atoms with van der Waals surface area (Å²) in [5, 5.41) is 11.9. The third kappa shape index (κ3) is 6.06. The second-order valence-corrected chi connectivity index (χ2v) is 8.44. The molecule has 1 atom stereocenters. The van der Waals surface area contributed by atoms with Gasteiger partial charge in [0.1, 0.15) is 6.33 Å². The number of nitrogens with zero attached hydrogens (tertiary/aromatic N) is 4. The van der Waals surface area contributed by atoms with Crippen LogP contribution < -0.4 is 11.1 Å². The number of rotatable bonds is 10. The summed E-state index contributed by atoms with van der Waals surface area (Å²) in [5.41, 5.74) is 7.68. The molecule has 2 aromatic rings. The molecule has 0 bridgehead atoms. The van der Waals surface area contributed by atoms with Crippen LogP contribution in [-0.2, 0) is 16.0 Å². The van der Waals surface area contributed by atoms with Crippen LogP contribution in [-0.4, -0.2) is 63.4 Å². The van der Waals surface area contributed by atoms with E-state index in [-0.39, 0.29) is 17.7 Å². The minimum atomic E-state index is -0.209. The molecule has 1 saturated heterocycles. The van der Waals surface area contributed by atoms with Gasteiger partial charge >= 0.3 is 0 Å². The predicted octanol–water partition coefficient (Wildman–Crippen LogP) is 1.63. The van der Waals surface area contributed by atoms with Crippen LogP contribution in [0, 0.1) is 5.92 Å². The summed E-state index contributed by atoms with van der Waals surface area (Å²) in [6, 6.07) is 8.13. The van der Waals surface area contributed by atoms with Crippen molar-refractivity contribution in [2.45, 2.75) is 37.8 Å². The van der Waals surface area contributed by atoms with Crippen LogP contribution >= 0.6 is 11.8 Å². The molecule has 3 rings (SSSR count). The average molecular weight is 431 g/mol. The number of piperidine rings is 1. The number of benzene rings is 1. The number of hydrogen-bond acceptors (Lipinski definition) is 6. The van der Waals surface area contributed by atoms with Gasteiger partial charge in [0.15, 0.2) is 5.16 Å². The van der Waals surface area contributed by atoms with Gasteiger partial charge in [0.2, 0.25) is 11.8 Å². The van der Waals surface area contributed by atoms with E-state index in [2.05, 4.69) is 33.4 Å². The molecular formula is C21H30N6O2S. The summed E-state index contributed by atoms with van der Waals surface area (Å²) in [7, 11) is 0. The zero-order chi connectivity index (χ0) is 21.3. The Balaban J connectivity index is 1.41. The lowest BCUT2D eigenvalue weighted by Gasteiger charge is -2.31. The maximum absolute atomic E-state index is 12.2. The SMILES string of the molecule is CCc1ccccc1-n1cnnc1SCC(=O)NCCCN1CCCC(C(N)=O)C1. The van der Waals surface area contributed by atoms with Crippen molar-refractivity contribution in [2.24, 2.45) is 11.7 Å². The predicted molar refractivity (Wildman–Crippen MR) is 117 cm³/mol. The zero-order valence-electron chi connectivity index (χ0n) is 17.4. The van der Waals surface area contributed by atoms with Gasteiger partial charge < -0.3 is 16.0 Å². The number of aryl methyl sites for hydroxylation is 1. The third-order valence-electron chi connectivity index (χ3n) is 5.36. The fourth-order valence-electron chi connectivity index (χ4n) is 3.74. The molecule has 1 aliphatic heterocycles. The molecule has 0 saturated carbocycles. The first-order valence-electron chi connectivity index (χ1n) is 10.5. The fraction of sp³-hybridized carbons (Fsp3) is 0.524. The summed E-state index contributed by atoms with van der Waals surface area (Å²) in [4.78, 5) is 25.9. The Morgan fingerprint density at radius 3 is 2.97 bits per heavy atom. The number of thioether (sulfide) groups is 1. The van der Waals surface area contributed by atoms with E-state index >= 15 is 0 Å². The van der Waals surface area contributed by atoms with Gasteiger partial charge in [0, 0.05) is 13.1 Å². The van der Waals surface area contributed by atoms with Crippen molar-refractivity contribution in [3.05, 3.63) is 36.2 Å². The van der Waals surface area contributed by atoms with Crippen molar-refractivity contribution < 1.29 is 9.59 Å². The van der Waals surface area contributed by atoms with E-state index in [1.165, 1.54) is 17.3 Å². The maximum Gasteiger partial charge on any atom is 0.230 e. The van der Waals surface area contributed by atoms with E-state index in [1.807, 2.05) is 22.8 Å². The largest absolute Gasteiger partial charge is 0.369 e. The lowest BCUT2D eigenvalue weighted by atomic mass is 9.97. The Labute approximate surface area is 181 Å². The van der Waals surface area contributed by atoms with Gasteiger partial charge in [0.05, 0.1) is 17.4 Å². The average Bonchev–Trinajstić information content (AvgIpc) is 3.24. The van der Waals surface area contributed by atoms with Gasteiger partial charge in [-0.2, -0.15) is 0 Å². The molecule has 0 spiro atoms. The van der Waals surface area contributed by atoms with Gasteiger partial charge in [0.25, 0.3) is 0 Å². The van der Waals surface area contributed by atoms with Crippen LogP contribution in [0.5, 0.6) is 0 Å². The van der Waals surface area contributed by atoms with Crippen LogP contribution in [0.25, 0.3) is 5.69 Å². The van der Waals surface area contributed by atoms with Crippen molar-refractivity contribution in [3.8, 4) is 5.69 Å². The van der Waals surface area contributed by atoms with E-state index in [9.17, 15) is 9.59 Å². The molecule has 2 amide bonds. The first-order chi connectivity index (χ1) is 14.6. The van der Waals surface area contributed by atoms with Crippen LogP contribution in [0.2, 0.25) is 0 Å². The molecule has 0 aliphatic carbocycles. The molecule has 1 aromatic carbocycles.